The molecule has 2 rings (SSSR count). The molecule has 0 aromatic carbocycles. The maximum absolute atomic E-state index is 5.61. The van der Waals surface area contributed by atoms with Gasteiger partial charge in [0.15, 0.2) is 0 Å². The normalized spacial score (nSPS) is 26.2. The Labute approximate surface area is 105 Å². The maximum Gasteiger partial charge on any atom is 0.120 e. The van der Waals surface area contributed by atoms with E-state index in [4.69, 9.17) is 4.42 Å². The molecule has 0 aliphatic heterocycles. The fourth-order valence-corrected chi connectivity index (χ4v) is 3.05. The van der Waals surface area contributed by atoms with E-state index in [1.807, 2.05) is 6.07 Å². The molecule has 1 N–H and O–H groups in total. The average Bonchev–Trinajstić information content (AvgIpc) is 3.00. The van der Waals surface area contributed by atoms with Crippen LogP contribution in [0.15, 0.2) is 22.8 Å². The molecule has 3 atom stereocenters. The molecule has 1 aromatic rings. The van der Waals surface area contributed by atoms with Crippen LogP contribution in [0.2, 0.25) is 0 Å². The molecule has 2 nitrogen and oxygen atoms in total. The first-order valence-corrected chi connectivity index (χ1v) is 7.11. The predicted octanol–water partition coefficient (Wildman–Crippen LogP) is 4.15. The van der Waals surface area contributed by atoms with Gasteiger partial charge in [0.2, 0.25) is 0 Å². The van der Waals surface area contributed by atoms with Crippen molar-refractivity contribution >= 4 is 0 Å². The Bertz CT molecular complexity index is 307. The van der Waals surface area contributed by atoms with Crippen LogP contribution in [0, 0.1) is 11.8 Å². The van der Waals surface area contributed by atoms with Crippen molar-refractivity contribution in [1.29, 1.82) is 0 Å². The summed E-state index contributed by atoms with van der Waals surface area (Å²) in [6.07, 6.45) is 8.41. The molecule has 0 amide bonds. The molecule has 1 fully saturated rings. The number of hydrogen-bond acceptors (Lipinski definition) is 2. The van der Waals surface area contributed by atoms with Gasteiger partial charge in [-0.15, -0.1) is 0 Å². The van der Waals surface area contributed by atoms with E-state index in [2.05, 4.69) is 25.2 Å². The van der Waals surface area contributed by atoms with E-state index in [0.29, 0.717) is 6.04 Å². The lowest BCUT2D eigenvalue weighted by Gasteiger charge is -2.23. The van der Waals surface area contributed by atoms with Crippen molar-refractivity contribution in [2.75, 3.05) is 6.54 Å². The summed E-state index contributed by atoms with van der Waals surface area (Å²) in [4.78, 5) is 0. The minimum absolute atomic E-state index is 0.432. The first-order valence-electron chi connectivity index (χ1n) is 7.11. The van der Waals surface area contributed by atoms with Crippen molar-refractivity contribution in [2.24, 2.45) is 11.8 Å². The first-order chi connectivity index (χ1) is 8.35. The molecule has 1 aliphatic carbocycles. The van der Waals surface area contributed by atoms with Gasteiger partial charge in [0.05, 0.1) is 12.3 Å². The Morgan fingerprint density at radius 3 is 2.88 bits per heavy atom. The second-order valence-corrected chi connectivity index (χ2v) is 5.29. The van der Waals surface area contributed by atoms with Crippen molar-refractivity contribution in [1.82, 2.24) is 5.32 Å². The molecule has 1 saturated carbocycles. The van der Waals surface area contributed by atoms with Crippen molar-refractivity contribution in [3.63, 3.8) is 0 Å². The highest BCUT2D eigenvalue weighted by Gasteiger charge is 2.31. The van der Waals surface area contributed by atoms with Gasteiger partial charge < -0.3 is 9.73 Å². The van der Waals surface area contributed by atoms with Crippen LogP contribution >= 0.6 is 0 Å². The highest BCUT2D eigenvalue weighted by atomic mass is 16.3. The van der Waals surface area contributed by atoms with Gasteiger partial charge in [-0.05, 0) is 49.8 Å². The van der Waals surface area contributed by atoms with E-state index in [9.17, 15) is 0 Å². The molecule has 2 heteroatoms. The van der Waals surface area contributed by atoms with Crippen molar-refractivity contribution in [3.8, 4) is 0 Å². The van der Waals surface area contributed by atoms with Crippen LogP contribution in [0.4, 0.5) is 0 Å². The number of nitrogens with one attached hydrogen (secondary N) is 1. The van der Waals surface area contributed by atoms with Crippen LogP contribution in [0.3, 0.4) is 0 Å². The highest BCUT2D eigenvalue weighted by molar-refractivity contribution is 5.07. The van der Waals surface area contributed by atoms with Gasteiger partial charge in [-0.1, -0.05) is 26.7 Å². The predicted molar refractivity (Wildman–Crippen MR) is 70.9 cm³/mol. The molecule has 96 valence electrons. The monoisotopic (exact) mass is 235 g/mol. The van der Waals surface area contributed by atoms with Crippen molar-refractivity contribution in [3.05, 3.63) is 24.2 Å². The van der Waals surface area contributed by atoms with E-state index in [-0.39, 0.29) is 0 Å². The smallest absolute Gasteiger partial charge is 0.120 e. The molecule has 0 bridgehead atoms. The zero-order valence-corrected chi connectivity index (χ0v) is 11.1. The fourth-order valence-electron chi connectivity index (χ4n) is 3.05. The second kappa shape index (κ2) is 6.25. The van der Waals surface area contributed by atoms with Gasteiger partial charge in [0, 0.05) is 0 Å². The quantitative estimate of drug-likeness (QED) is 0.801. The van der Waals surface area contributed by atoms with E-state index in [0.717, 1.165) is 24.1 Å². The first kappa shape index (κ1) is 12.7. The van der Waals surface area contributed by atoms with E-state index < -0.39 is 0 Å². The van der Waals surface area contributed by atoms with Gasteiger partial charge in [-0.3, -0.25) is 0 Å². The van der Waals surface area contributed by atoms with Gasteiger partial charge in [0.25, 0.3) is 0 Å². The van der Waals surface area contributed by atoms with Gasteiger partial charge in [-0.2, -0.15) is 0 Å². The zero-order valence-electron chi connectivity index (χ0n) is 11.1. The Morgan fingerprint density at radius 1 is 1.41 bits per heavy atom. The van der Waals surface area contributed by atoms with Crippen LogP contribution in [-0.2, 0) is 0 Å². The van der Waals surface area contributed by atoms with Gasteiger partial charge in [-0.25, -0.2) is 0 Å². The van der Waals surface area contributed by atoms with E-state index in [1.54, 1.807) is 6.26 Å². The third-order valence-electron chi connectivity index (χ3n) is 4.09. The van der Waals surface area contributed by atoms with E-state index >= 15 is 0 Å². The lowest BCUT2D eigenvalue weighted by Crippen LogP contribution is -2.27. The number of furan rings is 1. The van der Waals surface area contributed by atoms with Crippen molar-refractivity contribution < 1.29 is 4.42 Å². The lowest BCUT2D eigenvalue weighted by atomic mass is 9.94. The van der Waals surface area contributed by atoms with Gasteiger partial charge >= 0.3 is 0 Å². The molecule has 0 saturated heterocycles. The Kier molecular flexibility index (Phi) is 4.66. The summed E-state index contributed by atoms with van der Waals surface area (Å²) in [6, 6.07) is 4.55. The topological polar surface area (TPSA) is 25.2 Å². The molecule has 0 spiro atoms. The summed E-state index contributed by atoms with van der Waals surface area (Å²) in [5.41, 5.74) is 0. The fraction of sp³-hybridized carbons (Fsp3) is 0.733. The molecule has 1 heterocycles. The summed E-state index contributed by atoms with van der Waals surface area (Å²) in [7, 11) is 0. The molecule has 1 aromatic heterocycles. The van der Waals surface area contributed by atoms with Crippen LogP contribution < -0.4 is 5.32 Å². The molecule has 3 unspecified atom stereocenters. The van der Waals surface area contributed by atoms with Crippen LogP contribution in [-0.4, -0.2) is 6.54 Å². The molecular weight excluding hydrogens is 210 g/mol. The Hall–Kier alpha value is -0.760. The summed E-state index contributed by atoms with van der Waals surface area (Å²) >= 11 is 0. The lowest BCUT2D eigenvalue weighted by molar-refractivity contribution is 0.305. The minimum Gasteiger partial charge on any atom is -0.468 e. The third-order valence-corrected chi connectivity index (χ3v) is 4.09. The standard InChI is InChI=1S/C15H25NO/c1-3-9-16-15(14-6-5-10-17-14)13-8-7-12(4-2)11-13/h5-6,10,12-13,15-16H,3-4,7-9,11H2,1-2H3. The van der Waals surface area contributed by atoms with E-state index in [1.165, 1.54) is 32.1 Å². The van der Waals surface area contributed by atoms with Crippen LogP contribution in [0.25, 0.3) is 0 Å². The summed E-state index contributed by atoms with van der Waals surface area (Å²) in [5.74, 6) is 2.82. The molecule has 17 heavy (non-hydrogen) atoms. The summed E-state index contributed by atoms with van der Waals surface area (Å²) < 4.78 is 5.61. The number of rotatable bonds is 6. The summed E-state index contributed by atoms with van der Waals surface area (Å²) in [6.45, 7) is 5.61. The van der Waals surface area contributed by atoms with Gasteiger partial charge in [0.1, 0.15) is 5.76 Å². The minimum atomic E-state index is 0.432. The number of hydrogen-bond donors (Lipinski definition) is 1. The second-order valence-electron chi connectivity index (χ2n) is 5.29. The molecule has 1 aliphatic rings. The maximum atomic E-state index is 5.61. The largest absolute Gasteiger partial charge is 0.468 e. The SMILES string of the molecule is CCCNC(c1ccco1)C1CCC(CC)C1. The van der Waals surface area contributed by atoms with Crippen LogP contribution in [0.5, 0.6) is 0 Å². The average molecular weight is 235 g/mol. The third kappa shape index (κ3) is 3.12. The van der Waals surface area contributed by atoms with Crippen molar-refractivity contribution in [2.45, 2.75) is 52.0 Å². The summed E-state index contributed by atoms with van der Waals surface area (Å²) in [5, 5.41) is 3.66. The van der Waals surface area contributed by atoms with Crippen LogP contribution in [0.1, 0.15) is 57.8 Å². The Morgan fingerprint density at radius 2 is 2.29 bits per heavy atom. The Balaban J connectivity index is 2.00. The molecule has 0 radical (unpaired) electrons. The highest BCUT2D eigenvalue weighted by Crippen LogP contribution is 2.40. The zero-order chi connectivity index (χ0) is 12.1. The molecular formula is C15H25NO.